The van der Waals surface area contributed by atoms with Crippen LogP contribution in [0.25, 0.3) is 10.8 Å². The smallest absolute Gasteiger partial charge is 0.152 e. The van der Waals surface area contributed by atoms with Crippen molar-refractivity contribution in [3.05, 3.63) is 42.7 Å². The average molecular weight is 268 g/mol. The normalized spacial score (nSPS) is 10.8. The lowest BCUT2D eigenvalue weighted by Crippen LogP contribution is -2.08. The van der Waals surface area contributed by atoms with E-state index in [0.29, 0.717) is 6.54 Å². The van der Waals surface area contributed by atoms with E-state index < -0.39 is 0 Å². The van der Waals surface area contributed by atoms with Crippen LogP contribution in [0.15, 0.2) is 36.9 Å². The predicted octanol–water partition coefficient (Wildman–Crippen LogP) is 2.04. The van der Waals surface area contributed by atoms with Gasteiger partial charge < -0.3 is 15.6 Å². The van der Waals surface area contributed by atoms with Crippen LogP contribution in [0.2, 0.25) is 0 Å². The maximum Gasteiger partial charge on any atom is 0.152 e. The van der Waals surface area contributed by atoms with Crippen LogP contribution < -0.4 is 11.1 Å². The van der Waals surface area contributed by atoms with Gasteiger partial charge in [0.25, 0.3) is 0 Å². The molecule has 102 valence electrons. The number of anilines is 2. The number of nitrogens with zero attached hydrogens (tertiary/aromatic N) is 4. The fourth-order valence-corrected chi connectivity index (χ4v) is 2.22. The minimum absolute atomic E-state index is 0.620. The summed E-state index contributed by atoms with van der Waals surface area (Å²) in [7, 11) is 0. The topological polar surface area (TPSA) is 81.7 Å². The molecule has 0 aliphatic rings. The molecule has 0 aliphatic carbocycles. The van der Waals surface area contributed by atoms with Gasteiger partial charge in [-0.3, -0.25) is 4.98 Å². The minimum Gasteiger partial charge on any atom is -0.398 e. The maximum absolute atomic E-state index is 5.97. The highest BCUT2D eigenvalue weighted by Gasteiger charge is 2.06. The molecule has 0 aliphatic heterocycles. The van der Waals surface area contributed by atoms with Crippen LogP contribution in [0.1, 0.15) is 12.7 Å². The summed E-state index contributed by atoms with van der Waals surface area (Å²) in [5, 5.41) is 13.4. The molecule has 0 atom stereocenters. The first kappa shape index (κ1) is 12.4. The van der Waals surface area contributed by atoms with Gasteiger partial charge in [0.15, 0.2) is 5.82 Å². The van der Waals surface area contributed by atoms with E-state index in [1.165, 1.54) is 0 Å². The third-order valence-corrected chi connectivity index (χ3v) is 3.33. The number of hydrogen-bond donors (Lipinski definition) is 2. The van der Waals surface area contributed by atoms with E-state index in [0.717, 1.165) is 34.5 Å². The van der Waals surface area contributed by atoms with Gasteiger partial charge in [0.1, 0.15) is 6.33 Å². The zero-order chi connectivity index (χ0) is 13.9. The van der Waals surface area contributed by atoms with Crippen molar-refractivity contribution in [1.29, 1.82) is 0 Å². The molecule has 3 rings (SSSR count). The summed E-state index contributed by atoms with van der Waals surface area (Å²) in [6, 6.07) is 5.82. The second-order valence-electron chi connectivity index (χ2n) is 4.51. The van der Waals surface area contributed by atoms with E-state index in [1.54, 1.807) is 18.7 Å². The first-order valence-electron chi connectivity index (χ1n) is 6.52. The Hall–Kier alpha value is -2.63. The Morgan fingerprint density at radius 3 is 3.00 bits per heavy atom. The third-order valence-electron chi connectivity index (χ3n) is 3.33. The lowest BCUT2D eigenvalue weighted by Gasteiger charge is -2.11. The lowest BCUT2D eigenvalue weighted by atomic mass is 10.1. The third kappa shape index (κ3) is 2.16. The summed E-state index contributed by atoms with van der Waals surface area (Å²) in [6.45, 7) is 3.54. The number of nitrogen functional groups attached to an aromatic ring is 1. The number of aromatic nitrogens is 4. The van der Waals surface area contributed by atoms with Crippen LogP contribution in [-0.4, -0.2) is 19.7 Å². The van der Waals surface area contributed by atoms with Crippen LogP contribution in [0.4, 0.5) is 11.4 Å². The Morgan fingerprint density at radius 1 is 1.25 bits per heavy atom. The molecule has 6 nitrogen and oxygen atoms in total. The van der Waals surface area contributed by atoms with Gasteiger partial charge in [0, 0.05) is 41.1 Å². The largest absolute Gasteiger partial charge is 0.398 e. The Bertz CT molecular complexity index is 733. The highest BCUT2D eigenvalue weighted by molar-refractivity contribution is 6.00. The second kappa shape index (κ2) is 5.16. The number of nitrogens with one attached hydrogen (secondary N) is 1. The van der Waals surface area contributed by atoms with Gasteiger partial charge in [-0.2, -0.15) is 0 Å². The van der Waals surface area contributed by atoms with Crippen molar-refractivity contribution >= 4 is 22.1 Å². The molecule has 0 radical (unpaired) electrons. The Labute approximate surface area is 116 Å². The Morgan fingerprint density at radius 2 is 2.15 bits per heavy atom. The monoisotopic (exact) mass is 268 g/mol. The van der Waals surface area contributed by atoms with Gasteiger partial charge in [0.2, 0.25) is 0 Å². The van der Waals surface area contributed by atoms with E-state index in [4.69, 9.17) is 5.73 Å². The summed E-state index contributed by atoms with van der Waals surface area (Å²) in [5.41, 5.74) is 7.72. The van der Waals surface area contributed by atoms with Crippen molar-refractivity contribution < 1.29 is 0 Å². The van der Waals surface area contributed by atoms with E-state index in [2.05, 4.69) is 27.4 Å². The zero-order valence-electron chi connectivity index (χ0n) is 11.2. The lowest BCUT2D eigenvalue weighted by molar-refractivity contribution is 0.708. The molecule has 2 aromatic heterocycles. The summed E-state index contributed by atoms with van der Waals surface area (Å²) in [6.07, 6.45) is 5.29. The second-order valence-corrected chi connectivity index (χ2v) is 4.51. The molecular weight excluding hydrogens is 252 g/mol. The first-order valence-corrected chi connectivity index (χ1v) is 6.52. The fourth-order valence-electron chi connectivity index (χ4n) is 2.22. The average Bonchev–Trinajstić information content (AvgIpc) is 2.94. The van der Waals surface area contributed by atoms with E-state index >= 15 is 0 Å². The zero-order valence-corrected chi connectivity index (χ0v) is 11.2. The van der Waals surface area contributed by atoms with Crippen molar-refractivity contribution in [3.63, 3.8) is 0 Å². The summed E-state index contributed by atoms with van der Waals surface area (Å²) < 4.78 is 2.01. The van der Waals surface area contributed by atoms with E-state index in [1.807, 2.05) is 22.8 Å². The standard InChI is InChI=1S/C14H16N6/c1-2-20-9-18-19-14(20)8-17-13-4-3-12(15)11-7-16-6-5-10(11)13/h3-7,9,17H,2,8,15H2,1H3. The number of nitrogens with two attached hydrogens (primary N) is 1. The fraction of sp³-hybridized carbons (Fsp3) is 0.214. The van der Waals surface area contributed by atoms with Gasteiger partial charge >= 0.3 is 0 Å². The molecule has 0 fully saturated rings. The van der Waals surface area contributed by atoms with Crippen LogP contribution >= 0.6 is 0 Å². The van der Waals surface area contributed by atoms with E-state index in [9.17, 15) is 0 Å². The molecule has 2 heterocycles. The Balaban J connectivity index is 1.90. The molecule has 0 spiro atoms. The van der Waals surface area contributed by atoms with Crippen molar-refractivity contribution in [1.82, 2.24) is 19.7 Å². The van der Waals surface area contributed by atoms with Crippen molar-refractivity contribution in [2.75, 3.05) is 11.1 Å². The summed E-state index contributed by atoms with van der Waals surface area (Å²) in [4.78, 5) is 4.12. The van der Waals surface area contributed by atoms with Crippen molar-refractivity contribution in [3.8, 4) is 0 Å². The quantitative estimate of drug-likeness (QED) is 0.708. The summed E-state index contributed by atoms with van der Waals surface area (Å²) in [5.74, 6) is 0.909. The molecule has 3 N–H and O–H groups in total. The molecule has 0 amide bonds. The molecule has 20 heavy (non-hydrogen) atoms. The van der Waals surface area contributed by atoms with Gasteiger partial charge in [-0.25, -0.2) is 0 Å². The molecule has 1 aromatic carbocycles. The van der Waals surface area contributed by atoms with E-state index in [-0.39, 0.29) is 0 Å². The first-order chi connectivity index (χ1) is 9.79. The van der Waals surface area contributed by atoms with Crippen molar-refractivity contribution in [2.24, 2.45) is 0 Å². The molecule has 0 bridgehead atoms. The minimum atomic E-state index is 0.620. The molecule has 0 unspecified atom stereocenters. The summed E-state index contributed by atoms with van der Waals surface area (Å²) >= 11 is 0. The predicted molar refractivity (Wildman–Crippen MR) is 79.2 cm³/mol. The highest BCUT2D eigenvalue weighted by Crippen LogP contribution is 2.27. The number of hydrogen-bond acceptors (Lipinski definition) is 5. The molecular formula is C14H16N6. The van der Waals surface area contributed by atoms with Crippen LogP contribution in [-0.2, 0) is 13.1 Å². The van der Waals surface area contributed by atoms with Crippen LogP contribution in [0, 0.1) is 0 Å². The van der Waals surface area contributed by atoms with Gasteiger partial charge in [-0.15, -0.1) is 10.2 Å². The number of fused-ring (bicyclic) bond motifs is 1. The Kier molecular flexibility index (Phi) is 3.20. The molecule has 3 aromatic rings. The maximum atomic E-state index is 5.97. The molecule has 6 heteroatoms. The van der Waals surface area contributed by atoms with Crippen LogP contribution in [0.3, 0.4) is 0 Å². The number of aryl methyl sites for hydroxylation is 1. The van der Waals surface area contributed by atoms with Gasteiger partial charge in [-0.1, -0.05) is 0 Å². The molecule has 0 saturated heterocycles. The van der Waals surface area contributed by atoms with Crippen LogP contribution in [0.5, 0.6) is 0 Å². The molecule has 0 saturated carbocycles. The number of benzene rings is 1. The number of pyridine rings is 1. The highest BCUT2D eigenvalue weighted by atomic mass is 15.3. The van der Waals surface area contributed by atoms with Crippen molar-refractivity contribution in [2.45, 2.75) is 20.0 Å². The van der Waals surface area contributed by atoms with Gasteiger partial charge in [0.05, 0.1) is 6.54 Å². The SMILES string of the molecule is CCn1cnnc1CNc1ccc(N)c2cnccc12. The number of rotatable bonds is 4. The van der Waals surface area contributed by atoms with Gasteiger partial charge in [-0.05, 0) is 25.1 Å².